The number of nitrogens with one attached hydrogen (secondary N) is 1. The molecule has 0 aromatic heterocycles. The van der Waals surface area contributed by atoms with Gasteiger partial charge in [-0.2, -0.15) is 0 Å². The molecule has 1 atom stereocenters. The fourth-order valence-electron chi connectivity index (χ4n) is 5.11. The van der Waals surface area contributed by atoms with Crippen molar-refractivity contribution < 1.29 is 28.0 Å². The summed E-state index contributed by atoms with van der Waals surface area (Å²) in [6.07, 6.45) is 2.41. The van der Waals surface area contributed by atoms with E-state index in [9.17, 15) is 4.79 Å². The molecule has 6 nitrogen and oxygen atoms in total. The van der Waals surface area contributed by atoms with Crippen LogP contribution in [0.15, 0.2) is 36.4 Å². The van der Waals surface area contributed by atoms with Gasteiger partial charge >= 0.3 is 13.2 Å². The van der Waals surface area contributed by atoms with Gasteiger partial charge in [0.2, 0.25) is 0 Å². The summed E-state index contributed by atoms with van der Waals surface area (Å²) in [5, 5.41) is 2.83. The lowest BCUT2D eigenvalue weighted by Gasteiger charge is -2.32. The average Bonchev–Trinajstić information content (AvgIpc) is 3.27. The Bertz CT molecular complexity index is 1160. The Hall–Kier alpha value is -2.58. The Morgan fingerprint density at radius 3 is 2.32 bits per heavy atom. The van der Waals surface area contributed by atoms with Crippen LogP contribution < -0.4 is 15.5 Å². The first kappa shape index (κ1) is 28.4. The zero-order valence-electron chi connectivity index (χ0n) is 24.0. The number of hydrogen-bond acceptors (Lipinski definition) is 5. The third kappa shape index (κ3) is 5.71. The number of unbranched alkanes of at least 4 members (excludes halogenated alkanes) is 1. The molecule has 0 saturated carbocycles. The molecule has 2 aliphatic heterocycles. The minimum Gasteiger partial charge on any atom is -0.482 e. The summed E-state index contributed by atoms with van der Waals surface area (Å²) in [4.78, 5) is 12.0. The summed E-state index contributed by atoms with van der Waals surface area (Å²) in [7, 11) is -0.683. The van der Waals surface area contributed by atoms with Crippen LogP contribution in [-0.2, 0) is 26.1 Å². The zero-order chi connectivity index (χ0) is 27.9. The molecule has 2 aromatic rings. The first-order valence-corrected chi connectivity index (χ1v) is 13.5. The van der Waals surface area contributed by atoms with Crippen molar-refractivity contribution in [1.82, 2.24) is 5.32 Å². The molecule has 0 radical (unpaired) electrons. The van der Waals surface area contributed by atoms with E-state index >= 15 is 4.39 Å². The normalized spacial score (nSPS) is 21.7. The van der Waals surface area contributed by atoms with Crippen molar-refractivity contribution in [2.75, 3.05) is 6.54 Å². The van der Waals surface area contributed by atoms with E-state index in [1.165, 1.54) is 6.07 Å². The van der Waals surface area contributed by atoms with Gasteiger partial charge in [0.05, 0.1) is 11.2 Å². The Morgan fingerprint density at radius 2 is 1.71 bits per heavy atom. The predicted molar refractivity (Wildman–Crippen MR) is 147 cm³/mol. The number of ether oxygens (including phenoxy) is 2. The van der Waals surface area contributed by atoms with Crippen molar-refractivity contribution in [3.8, 4) is 5.75 Å². The van der Waals surface area contributed by atoms with Gasteiger partial charge in [-0.15, -0.1) is 0 Å². The highest BCUT2D eigenvalue weighted by atomic mass is 19.1. The molecular formula is C30H41BFNO5. The molecule has 0 aliphatic carbocycles. The van der Waals surface area contributed by atoms with Gasteiger partial charge in [-0.1, -0.05) is 30.3 Å². The molecule has 1 N–H and O–H groups in total. The van der Waals surface area contributed by atoms with E-state index in [4.69, 9.17) is 18.8 Å². The van der Waals surface area contributed by atoms with Gasteiger partial charge in [0, 0.05) is 19.0 Å². The number of carbonyl (C=O) groups is 1. The Kier molecular flexibility index (Phi) is 7.63. The number of amides is 1. The van der Waals surface area contributed by atoms with Crippen LogP contribution in [0.3, 0.4) is 0 Å². The van der Waals surface area contributed by atoms with Crippen LogP contribution in [0.2, 0.25) is 0 Å². The highest BCUT2D eigenvalue weighted by Gasteiger charge is 2.54. The largest absolute Gasteiger partial charge is 0.495 e. The molecule has 38 heavy (non-hydrogen) atoms. The lowest BCUT2D eigenvalue weighted by molar-refractivity contribution is 0.00578. The Labute approximate surface area is 226 Å². The molecule has 206 valence electrons. The van der Waals surface area contributed by atoms with Crippen LogP contribution in [0.1, 0.15) is 84.4 Å². The number of rotatable bonds is 7. The van der Waals surface area contributed by atoms with E-state index < -0.39 is 35.6 Å². The number of alkyl carbamates (subject to hydrolysis) is 1. The van der Waals surface area contributed by atoms with Crippen molar-refractivity contribution in [3.63, 3.8) is 0 Å². The van der Waals surface area contributed by atoms with E-state index in [0.29, 0.717) is 30.7 Å². The van der Waals surface area contributed by atoms with Crippen molar-refractivity contribution in [2.24, 2.45) is 0 Å². The fourth-order valence-corrected chi connectivity index (χ4v) is 5.11. The zero-order valence-corrected chi connectivity index (χ0v) is 24.0. The van der Waals surface area contributed by atoms with E-state index in [2.05, 4.69) is 17.4 Å². The van der Waals surface area contributed by atoms with Gasteiger partial charge in [-0.05, 0) is 96.8 Å². The molecule has 4 rings (SSSR count). The summed E-state index contributed by atoms with van der Waals surface area (Å²) < 4.78 is 39.9. The van der Waals surface area contributed by atoms with E-state index in [-0.39, 0.29) is 5.82 Å². The quantitative estimate of drug-likeness (QED) is 0.357. The van der Waals surface area contributed by atoms with Crippen LogP contribution in [0, 0.1) is 12.7 Å². The van der Waals surface area contributed by atoms with Crippen molar-refractivity contribution in [1.29, 1.82) is 0 Å². The number of hydrogen-bond donors (Lipinski definition) is 1. The van der Waals surface area contributed by atoms with E-state index in [1.807, 2.05) is 66.7 Å². The Morgan fingerprint density at radius 1 is 1.08 bits per heavy atom. The van der Waals surface area contributed by atoms with Crippen LogP contribution in [0.4, 0.5) is 9.18 Å². The maximum Gasteiger partial charge on any atom is 0.495 e. The summed E-state index contributed by atoms with van der Waals surface area (Å²) in [5.74, 6) is 0.201. The highest BCUT2D eigenvalue weighted by molar-refractivity contribution is 6.63. The second kappa shape index (κ2) is 10.2. The molecule has 8 heteroatoms. The average molecular weight is 525 g/mol. The van der Waals surface area contributed by atoms with E-state index in [0.717, 1.165) is 29.4 Å². The number of carbonyl (C=O) groups excluding carboxylic acids is 1. The SMILES string of the molecule is Cc1c(F)cc2c(c1B1OC(C)(C)C(C)(C)O1)CC(CCCCNC(=O)OC(C)(C)C)(c1ccccc1)O2. The van der Waals surface area contributed by atoms with Crippen molar-refractivity contribution in [3.05, 3.63) is 58.9 Å². The third-order valence-electron chi connectivity index (χ3n) is 7.87. The molecule has 1 amide bonds. The first-order chi connectivity index (χ1) is 17.6. The van der Waals surface area contributed by atoms with Crippen LogP contribution >= 0.6 is 0 Å². The molecule has 0 bridgehead atoms. The molecule has 2 heterocycles. The van der Waals surface area contributed by atoms with E-state index in [1.54, 1.807) is 6.92 Å². The van der Waals surface area contributed by atoms with Crippen molar-refractivity contribution >= 4 is 18.7 Å². The van der Waals surface area contributed by atoms with Crippen molar-refractivity contribution in [2.45, 2.75) is 103 Å². The van der Waals surface area contributed by atoms with Gasteiger partial charge in [-0.3, -0.25) is 0 Å². The minimum atomic E-state index is -0.683. The second-order valence-electron chi connectivity index (χ2n) is 12.5. The van der Waals surface area contributed by atoms with Gasteiger partial charge in [0.1, 0.15) is 22.8 Å². The monoisotopic (exact) mass is 525 g/mol. The lowest BCUT2D eigenvalue weighted by Crippen LogP contribution is -2.41. The van der Waals surface area contributed by atoms with Gasteiger partial charge < -0.3 is 24.1 Å². The predicted octanol–water partition coefficient (Wildman–Crippen LogP) is 5.96. The standard InChI is InChI=1S/C30H41BFNO5/c1-20-23(32)18-24-22(25(20)31-37-28(5,6)29(7,8)38-31)19-30(35-24,21-14-10-9-11-15-21)16-12-13-17-33-26(34)36-27(2,3)4/h9-11,14-15,18H,12-13,16-17,19H2,1-8H3,(H,33,34). The molecule has 1 unspecified atom stereocenters. The number of halogens is 1. The van der Waals surface area contributed by atoms with Crippen LogP contribution in [-0.4, -0.2) is 36.6 Å². The van der Waals surface area contributed by atoms with Gasteiger partial charge in [-0.25, -0.2) is 9.18 Å². The number of fused-ring (bicyclic) bond motifs is 1. The van der Waals surface area contributed by atoms with Gasteiger partial charge in [0.25, 0.3) is 0 Å². The topological polar surface area (TPSA) is 66.0 Å². The lowest BCUT2D eigenvalue weighted by atomic mass is 9.70. The maximum atomic E-state index is 15.2. The maximum absolute atomic E-state index is 15.2. The summed E-state index contributed by atoms with van der Waals surface area (Å²) in [6.45, 7) is 15.8. The first-order valence-electron chi connectivity index (χ1n) is 13.5. The molecule has 1 saturated heterocycles. The molecule has 2 aromatic carbocycles. The summed E-state index contributed by atoms with van der Waals surface area (Å²) in [5.41, 5.74) is 0.939. The summed E-state index contributed by atoms with van der Waals surface area (Å²) in [6, 6.07) is 11.6. The number of benzene rings is 2. The fraction of sp³-hybridized carbons (Fsp3) is 0.567. The smallest absolute Gasteiger partial charge is 0.482 e. The Balaban J connectivity index is 1.57. The van der Waals surface area contributed by atoms with Crippen LogP contribution in [0.25, 0.3) is 0 Å². The minimum absolute atomic E-state index is 0.334. The molecule has 0 spiro atoms. The molecule has 1 fully saturated rings. The second-order valence-corrected chi connectivity index (χ2v) is 12.5. The third-order valence-corrected chi connectivity index (χ3v) is 7.87. The molecule has 2 aliphatic rings. The van der Waals surface area contributed by atoms with Crippen LogP contribution in [0.5, 0.6) is 5.75 Å². The summed E-state index contributed by atoms with van der Waals surface area (Å²) >= 11 is 0. The van der Waals surface area contributed by atoms with Gasteiger partial charge in [0.15, 0.2) is 0 Å². The molecular weight excluding hydrogens is 484 g/mol. The highest BCUT2D eigenvalue weighted by Crippen LogP contribution is 2.46.